The molecule has 1 unspecified atom stereocenters. The van der Waals surface area contributed by atoms with Gasteiger partial charge in [0.2, 0.25) is 11.7 Å². The highest BCUT2D eigenvalue weighted by Gasteiger charge is 2.19. The van der Waals surface area contributed by atoms with E-state index in [0.717, 1.165) is 11.3 Å². The number of benzene rings is 2. The average Bonchev–Trinajstić information content (AvgIpc) is 3.28. The first-order valence-electron chi connectivity index (χ1n) is 9.62. The highest BCUT2D eigenvalue weighted by atomic mass is 19.1. The average molecular weight is 428 g/mol. The standard InChI is InChI=1S/C22H25FN4O4/c1-29-19-7-15(10-26-18(22(24)28)9-17-11-25-13-27-17)8-20(30-2)21(19)31-12-14-4-3-5-16(23)6-14/h3-8,11,13,18,26H,9-10,12H2,1-2H3,(H2,24,28)(H,25,27). The fourth-order valence-corrected chi connectivity index (χ4v) is 3.09. The first-order chi connectivity index (χ1) is 15.0. The van der Waals surface area contributed by atoms with Crippen LogP contribution in [-0.4, -0.2) is 36.1 Å². The first kappa shape index (κ1) is 22.1. The molecule has 0 aliphatic rings. The van der Waals surface area contributed by atoms with Gasteiger partial charge in [0.05, 0.1) is 26.6 Å². The lowest BCUT2D eigenvalue weighted by molar-refractivity contribution is -0.120. The number of aromatic amines is 1. The molecule has 8 nitrogen and oxygen atoms in total. The lowest BCUT2D eigenvalue weighted by Gasteiger charge is -2.18. The maximum Gasteiger partial charge on any atom is 0.234 e. The Morgan fingerprint density at radius 1 is 1.19 bits per heavy atom. The Balaban J connectivity index is 1.73. The van der Waals surface area contributed by atoms with Crippen molar-refractivity contribution >= 4 is 5.91 Å². The van der Waals surface area contributed by atoms with Gasteiger partial charge in [-0.05, 0) is 35.4 Å². The van der Waals surface area contributed by atoms with Gasteiger partial charge in [-0.2, -0.15) is 0 Å². The van der Waals surface area contributed by atoms with E-state index >= 15 is 0 Å². The molecule has 0 bridgehead atoms. The summed E-state index contributed by atoms with van der Waals surface area (Å²) in [5, 5.41) is 3.14. The van der Waals surface area contributed by atoms with Gasteiger partial charge in [0.15, 0.2) is 11.5 Å². The quantitative estimate of drug-likeness (QED) is 0.432. The van der Waals surface area contributed by atoms with Crippen LogP contribution in [0.1, 0.15) is 16.8 Å². The molecule has 0 fully saturated rings. The number of primary amides is 1. The van der Waals surface area contributed by atoms with Crippen molar-refractivity contribution in [3.05, 3.63) is 71.6 Å². The van der Waals surface area contributed by atoms with Crippen LogP contribution < -0.4 is 25.3 Å². The van der Waals surface area contributed by atoms with Crippen molar-refractivity contribution in [2.24, 2.45) is 5.73 Å². The minimum atomic E-state index is -0.582. The van der Waals surface area contributed by atoms with Gasteiger partial charge < -0.3 is 30.2 Å². The third kappa shape index (κ3) is 5.95. The van der Waals surface area contributed by atoms with Crippen molar-refractivity contribution in [1.29, 1.82) is 0 Å². The van der Waals surface area contributed by atoms with Crippen LogP contribution in [0.4, 0.5) is 4.39 Å². The maximum absolute atomic E-state index is 13.4. The summed E-state index contributed by atoms with van der Waals surface area (Å²) in [4.78, 5) is 18.7. The van der Waals surface area contributed by atoms with Crippen LogP contribution in [0.25, 0.3) is 0 Å². The van der Waals surface area contributed by atoms with Crippen molar-refractivity contribution in [3.8, 4) is 17.2 Å². The van der Waals surface area contributed by atoms with Gasteiger partial charge in [0.1, 0.15) is 12.4 Å². The molecular formula is C22H25FN4O4. The zero-order valence-electron chi connectivity index (χ0n) is 17.4. The number of H-pyrrole nitrogens is 1. The van der Waals surface area contributed by atoms with Crippen molar-refractivity contribution in [2.45, 2.75) is 25.6 Å². The molecule has 0 saturated heterocycles. The summed E-state index contributed by atoms with van der Waals surface area (Å²) in [6, 6.07) is 9.15. The largest absolute Gasteiger partial charge is 0.493 e. The van der Waals surface area contributed by atoms with Crippen LogP contribution in [0, 0.1) is 5.82 Å². The van der Waals surface area contributed by atoms with Crippen molar-refractivity contribution < 1.29 is 23.4 Å². The zero-order chi connectivity index (χ0) is 22.2. The van der Waals surface area contributed by atoms with Crippen LogP contribution in [0.15, 0.2) is 48.9 Å². The molecule has 1 atom stereocenters. The Bertz CT molecular complexity index is 986. The van der Waals surface area contributed by atoms with Crippen molar-refractivity contribution in [1.82, 2.24) is 15.3 Å². The van der Waals surface area contributed by atoms with Gasteiger partial charge in [-0.3, -0.25) is 4.79 Å². The summed E-state index contributed by atoms with van der Waals surface area (Å²) in [5.41, 5.74) is 7.81. The van der Waals surface area contributed by atoms with E-state index in [2.05, 4.69) is 15.3 Å². The van der Waals surface area contributed by atoms with E-state index in [1.165, 1.54) is 26.4 Å². The van der Waals surface area contributed by atoms with E-state index in [1.807, 2.05) is 0 Å². The second-order valence-corrected chi connectivity index (χ2v) is 6.86. The number of methoxy groups -OCH3 is 2. The Morgan fingerprint density at radius 2 is 1.94 bits per heavy atom. The number of nitrogens with two attached hydrogens (primary N) is 1. The molecule has 1 amide bonds. The van der Waals surface area contributed by atoms with Crippen LogP contribution in [0.5, 0.6) is 17.2 Å². The van der Waals surface area contributed by atoms with E-state index in [4.69, 9.17) is 19.9 Å². The molecule has 4 N–H and O–H groups in total. The fourth-order valence-electron chi connectivity index (χ4n) is 3.09. The summed E-state index contributed by atoms with van der Waals surface area (Å²) >= 11 is 0. The lowest BCUT2D eigenvalue weighted by atomic mass is 10.1. The first-order valence-corrected chi connectivity index (χ1v) is 9.62. The predicted molar refractivity (Wildman–Crippen MR) is 112 cm³/mol. The molecule has 0 aliphatic heterocycles. The number of rotatable bonds is 11. The molecule has 164 valence electrons. The minimum Gasteiger partial charge on any atom is -0.493 e. The molecule has 0 saturated carbocycles. The Morgan fingerprint density at radius 3 is 2.52 bits per heavy atom. The molecule has 0 radical (unpaired) electrons. The molecule has 0 aliphatic carbocycles. The van der Waals surface area contributed by atoms with Crippen LogP contribution in [0.3, 0.4) is 0 Å². The maximum atomic E-state index is 13.4. The number of nitrogens with one attached hydrogen (secondary N) is 2. The van der Waals surface area contributed by atoms with E-state index in [-0.39, 0.29) is 12.4 Å². The SMILES string of the molecule is COc1cc(CNC(Cc2cnc[nH]2)C(N)=O)cc(OC)c1OCc1cccc(F)c1. The normalized spacial score (nSPS) is 11.7. The van der Waals surface area contributed by atoms with Crippen molar-refractivity contribution in [2.75, 3.05) is 14.2 Å². The fraction of sp³-hybridized carbons (Fsp3) is 0.273. The zero-order valence-corrected chi connectivity index (χ0v) is 17.4. The van der Waals surface area contributed by atoms with Gasteiger partial charge in [-0.15, -0.1) is 0 Å². The molecule has 1 aromatic heterocycles. The third-order valence-corrected chi connectivity index (χ3v) is 4.67. The smallest absolute Gasteiger partial charge is 0.234 e. The Kier molecular flexibility index (Phi) is 7.45. The van der Waals surface area contributed by atoms with Crippen LogP contribution in [-0.2, 0) is 24.4 Å². The number of carbonyl (C=O) groups is 1. The number of hydrogen-bond acceptors (Lipinski definition) is 6. The molecule has 9 heteroatoms. The topological polar surface area (TPSA) is 111 Å². The monoisotopic (exact) mass is 428 g/mol. The summed E-state index contributed by atoms with van der Waals surface area (Å²) in [6.07, 6.45) is 3.58. The van der Waals surface area contributed by atoms with E-state index in [1.54, 1.807) is 36.8 Å². The molecule has 31 heavy (non-hydrogen) atoms. The molecule has 1 heterocycles. The minimum absolute atomic E-state index is 0.149. The number of amides is 1. The number of hydrogen-bond donors (Lipinski definition) is 3. The van der Waals surface area contributed by atoms with E-state index in [9.17, 15) is 9.18 Å². The second-order valence-electron chi connectivity index (χ2n) is 6.86. The highest BCUT2D eigenvalue weighted by molar-refractivity contribution is 5.80. The summed E-state index contributed by atoms with van der Waals surface area (Å²) in [7, 11) is 3.04. The number of carbonyl (C=O) groups excluding carboxylic acids is 1. The summed E-state index contributed by atoms with van der Waals surface area (Å²) < 4.78 is 30.2. The molecule has 0 spiro atoms. The summed E-state index contributed by atoms with van der Waals surface area (Å²) in [6.45, 7) is 0.495. The lowest BCUT2D eigenvalue weighted by Crippen LogP contribution is -2.42. The van der Waals surface area contributed by atoms with Crippen LogP contribution in [0.2, 0.25) is 0 Å². The number of aromatic nitrogens is 2. The number of ether oxygens (including phenoxy) is 3. The molecule has 3 rings (SSSR count). The van der Waals surface area contributed by atoms with E-state index in [0.29, 0.717) is 35.8 Å². The van der Waals surface area contributed by atoms with Gasteiger partial charge in [0, 0.05) is 24.9 Å². The molecule has 3 aromatic rings. The summed E-state index contributed by atoms with van der Waals surface area (Å²) in [5.74, 6) is 0.513. The number of imidazole rings is 1. The number of halogens is 1. The Labute approximate surface area is 179 Å². The van der Waals surface area contributed by atoms with Crippen molar-refractivity contribution in [3.63, 3.8) is 0 Å². The van der Waals surface area contributed by atoms with Gasteiger partial charge >= 0.3 is 0 Å². The number of nitrogens with zero attached hydrogens (tertiary/aromatic N) is 1. The van der Waals surface area contributed by atoms with E-state index < -0.39 is 11.9 Å². The van der Waals surface area contributed by atoms with Gasteiger partial charge in [0.25, 0.3) is 0 Å². The second kappa shape index (κ2) is 10.4. The third-order valence-electron chi connectivity index (χ3n) is 4.67. The molecular weight excluding hydrogens is 403 g/mol. The Hall–Kier alpha value is -3.59. The molecule has 2 aromatic carbocycles. The van der Waals surface area contributed by atoms with Gasteiger partial charge in [-0.1, -0.05) is 12.1 Å². The predicted octanol–water partition coefficient (Wildman–Crippen LogP) is 2.33. The highest BCUT2D eigenvalue weighted by Crippen LogP contribution is 2.39. The van der Waals surface area contributed by atoms with Crippen LogP contribution >= 0.6 is 0 Å². The van der Waals surface area contributed by atoms with Gasteiger partial charge in [-0.25, -0.2) is 9.37 Å².